The van der Waals surface area contributed by atoms with E-state index in [4.69, 9.17) is 5.73 Å². The number of amides is 1. The number of carbonyl (C=O) groups is 1. The molecule has 0 saturated heterocycles. The van der Waals surface area contributed by atoms with E-state index in [1.54, 1.807) is 0 Å². The molecule has 3 heteroatoms. The highest BCUT2D eigenvalue weighted by Crippen LogP contribution is 2.28. The van der Waals surface area contributed by atoms with Gasteiger partial charge in [-0.05, 0) is 29.5 Å². The maximum Gasteiger partial charge on any atom is 0.237 e. The molecule has 0 heterocycles. The molecule has 2 N–H and O–H groups in total. The number of nitrogens with zero attached hydrogens (tertiary/aromatic N) is 1. The molecule has 0 aliphatic carbocycles. The summed E-state index contributed by atoms with van der Waals surface area (Å²) in [5, 5.41) is 0. The summed E-state index contributed by atoms with van der Waals surface area (Å²) in [5.41, 5.74) is 9.29. The molecule has 0 aliphatic rings. The highest BCUT2D eigenvalue weighted by atomic mass is 16.2. The molecule has 1 unspecified atom stereocenters. The predicted octanol–water partition coefficient (Wildman–Crippen LogP) is 4.35. The van der Waals surface area contributed by atoms with Crippen molar-refractivity contribution in [3.05, 3.63) is 108 Å². The van der Waals surface area contributed by atoms with Crippen molar-refractivity contribution in [3.63, 3.8) is 0 Å². The van der Waals surface area contributed by atoms with Crippen LogP contribution in [0.3, 0.4) is 0 Å². The van der Waals surface area contributed by atoms with Gasteiger partial charge < -0.3 is 10.6 Å². The van der Waals surface area contributed by atoms with E-state index < -0.39 is 0 Å². The molecule has 0 aromatic heterocycles. The van der Waals surface area contributed by atoms with Gasteiger partial charge in [-0.1, -0.05) is 91.0 Å². The van der Waals surface area contributed by atoms with Crippen molar-refractivity contribution in [2.24, 2.45) is 5.73 Å². The molecule has 0 radical (unpaired) electrons. The zero-order chi connectivity index (χ0) is 18.9. The van der Waals surface area contributed by atoms with E-state index in [1.165, 1.54) is 5.56 Å². The van der Waals surface area contributed by atoms with Gasteiger partial charge in [-0.2, -0.15) is 0 Å². The van der Waals surface area contributed by atoms with Crippen molar-refractivity contribution in [3.8, 4) is 0 Å². The molecular formula is C24H26N2O. The SMILES string of the molecule is NCC(=O)N(Cc1ccccc1)C(CCc1ccccc1)c1ccccc1. The molecule has 0 aliphatic heterocycles. The molecule has 0 saturated carbocycles. The third kappa shape index (κ3) is 5.28. The number of benzene rings is 3. The first kappa shape index (κ1) is 18.9. The number of hydrogen-bond donors (Lipinski definition) is 1. The summed E-state index contributed by atoms with van der Waals surface area (Å²) in [4.78, 5) is 14.7. The van der Waals surface area contributed by atoms with Gasteiger partial charge in [0.25, 0.3) is 0 Å². The molecule has 3 aromatic rings. The standard InChI is InChI=1S/C24H26N2O/c25-18-24(27)26(19-21-12-6-2-7-13-21)23(22-14-8-3-9-15-22)17-16-20-10-4-1-5-11-20/h1-15,23H,16-19,25H2. The second-order valence-corrected chi connectivity index (χ2v) is 6.66. The summed E-state index contributed by atoms with van der Waals surface area (Å²) < 4.78 is 0. The largest absolute Gasteiger partial charge is 0.330 e. The fraction of sp³-hybridized carbons (Fsp3) is 0.208. The number of rotatable bonds is 8. The molecule has 27 heavy (non-hydrogen) atoms. The molecule has 3 rings (SSSR count). The van der Waals surface area contributed by atoms with Crippen LogP contribution in [-0.2, 0) is 17.8 Å². The second-order valence-electron chi connectivity index (χ2n) is 6.66. The minimum Gasteiger partial charge on any atom is -0.330 e. The van der Waals surface area contributed by atoms with Crippen molar-refractivity contribution >= 4 is 5.91 Å². The Labute approximate surface area is 161 Å². The van der Waals surface area contributed by atoms with Crippen molar-refractivity contribution in [1.29, 1.82) is 0 Å². The van der Waals surface area contributed by atoms with Gasteiger partial charge in [0.15, 0.2) is 0 Å². The van der Waals surface area contributed by atoms with Crippen LogP contribution >= 0.6 is 0 Å². The lowest BCUT2D eigenvalue weighted by Gasteiger charge is -2.32. The summed E-state index contributed by atoms with van der Waals surface area (Å²) >= 11 is 0. The van der Waals surface area contributed by atoms with E-state index in [2.05, 4.69) is 48.5 Å². The van der Waals surface area contributed by atoms with Gasteiger partial charge in [0.1, 0.15) is 0 Å². The van der Waals surface area contributed by atoms with E-state index in [9.17, 15) is 4.79 Å². The Kier molecular flexibility index (Phi) is 6.78. The van der Waals surface area contributed by atoms with Crippen molar-refractivity contribution in [2.75, 3.05) is 6.54 Å². The lowest BCUT2D eigenvalue weighted by molar-refractivity contribution is -0.133. The molecule has 3 nitrogen and oxygen atoms in total. The van der Waals surface area contributed by atoms with Gasteiger partial charge in [0, 0.05) is 6.54 Å². The number of nitrogens with two attached hydrogens (primary N) is 1. The van der Waals surface area contributed by atoms with Crippen LogP contribution in [0.1, 0.15) is 29.2 Å². The molecule has 1 amide bonds. The van der Waals surface area contributed by atoms with Crippen molar-refractivity contribution < 1.29 is 4.79 Å². The fourth-order valence-electron chi connectivity index (χ4n) is 3.40. The maximum absolute atomic E-state index is 12.7. The van der Waals surface area contributed by atoms with E-state index in [-0.39, 0.29) is 18.5 Å². The minimum absolute atomic E-state index is 0.0114. The monoisotopic (exact) mass is 358 g/mol. The van der Waals surface area contributed by atoms with Gasteiger partial charge in [-0.25, -0.2) is 0 Å². The lowest BCUT2D eigenvalue weighted by Crippen LogP contribution is -2.38. The Balaban J connectivity index is 1.88. The summed E-state index contributed by atoms with van der Waals surface area (Å²) in [5.74, 6) is -0.0271. The number of carbonyl (C=O) groups excluding carboxylic acids is 1. The van der Waals surface area contributed by atoms with Crippen LogP contribution in [0.15, 0.2) is 91.0 Å². The smallest absolute Gasteiger partial charge is 0.237 e. The van der Waals surface area contributed by atoms with Gasteiger partial charge in [-0.3, -0.25) is 4.79 Å². The third-order valence-corrected chi connectivity index (χ3v) is 4.80. The topological polar surface area (TPSA) is 46.3 Å². The van der Waals surface area contributed by atoms with Crippen molar-refractivity contribution in [1.82, 2.24) is 4.90 Å². The fourth-order valence-corrected chi connectivity index (χ4v) is 3.40. The first-order chi connectivity index (χ1) is 13.3. The number of hydrogen-bond acceptors (Lipinski definition) is 2. The average molecular weight is 358 g/mol. The Morgan fingerprint density at radius 2 is 1.30 bits per heavy atom. The molecule has 1 atom stereocenters. The van der Waals surface area contributed by atoms with Crippen LogP contribution in [-0.4, -0.2) is 17.4 Å². The Morgan fingerprint density at radius 1 is 0.778 bits per heavy atom. The summed E-state index contributed by atoms with van der Waals surface area (Å²) in [6.45, 7) is 0.576. The molecule has 3 aromatic carbocycles. The first-order valence-electron chi connectivity index (χ1n) is 9.40. The van der Waals surface area contributed by atoms with E-state index >= 15 is 0 Å². The van der Waals surface area contributed by atoms with Crippen LogP contribution in [0.4, 0.5) is 0 Å². The highest BCUT2D eigenvalue weighted by Gasteiger charge is 2.24. The number of aryl methyl sites for hydroxylation is 1. The Hall–Kier alpha value is -2.91. The van der Waals surface area contributed by atoms with Crippen LogP contribution < -0.4 is 5.73 Å². The summed E-state index contributed by atoms with van der Waals surface area (Å²) in [7, 11) is 0. The van der Waals surface area contributed by atoms with E-state index in [1.807, 2.05) is 47.4 Å². The highest BCUT2D eigenvalue weighted by molar-refractivity contribution is 5.78. The maximum atomic E-state index is 12.7. The van der Waals surface area contributed by atoms with E-state index in [0.29, 0.717) is 6.54 Å². The van der Waals surface area contributed by atoms with Crippen LogP contribution in [0.5, 0.6) is 0 Å². The van der Waals surface area contributed by atoms with Gasteiger partial charge in [0.2, 0.25) is 5.91 Å². The average Bonchev–Trinajstić information content (AvgIpc) is 2.74. The van der Waals surface area contributed by atoms with Crippen molar-refractivity contribution in [2.45, 2.75) is 25.4 Å². The molecule has 0 spiro atoms. The molecule has 0 bridgehead atoms. The summed E-state index contributed by atoms with van der Waals surface area (Å²) in [6, 6.07) is 30.7. The lowest BCUT2D eigenvalue weighted by atomic mass is 9.96. The quantitative estimate of drug-likeness (QED) is 0.651. The molecule has 138 valence electrons. The molecule has 0 fully saturated rings. The Bertz CT molecular complexity index is 819. The van der Waals surface area contributed by atoms with E-state index in [0.717, 1.165) is 24.0 Å². The van der Waals surface area contributed by atoms with Gasteiger partial charge in [0.05, 0.1) is 12.6 Å². The minimum atomic E-state index is -0.0271. The van der Waals surface area contributed by atoms with Gasteiger partial charge in [-0.15, -0.1) is 0 Å². The zero-order valence-corrected chi connectivity index (χ0v) is 15.5. The van der Waals surface area contributed by atoms with Crippen LogP contribution in [0.2, 0.25) is 0 Å². The third-order valence-electron chi connectivity index (χ3n) is 4.80. The van der Waals surface area contributed by atoms with Crippen LogP contribution in [0.25, 0.3) is 0 Å². The van der Waals surface area contributed by atoms with Gasteiger partial charge >= 0.3 is 0 Å². The summed E-state index contributed by atoms with van der Waals surface area (Å²) in [6.07, 6.45) is 1.76. The predicted molar refractivity (Wildman–Crippen MR) is 110 cm³/mol. The zero-order valence-electron chi connectivity index (χ0n) is 15.5. The Morgan fingerprint density at radius 3 is 1.85 bits per heavy atom. The second kappa shape index (κ2) is 9.70. The molecular weight excluding hydrogens is 332 g/mol. The first-order valence-corrected chi connectivity index (χ1v) is 9.40. The normalized spacial score (nSPS) is 11.7. The van der Waals surface area contributed by atoms with Crippen LogP contribution in [0, 0.1) is 0 Å².